The Balaban J connectivity index is 2.03. The van der Waals surface area contributed by atoms with Gasteiger partial charge in [0.1, 0.15) is 0 Å². The number of primary amides is 1. The maximum Gasteiger partial charge on any atom is 0.417 e. The van der Waals surface area contributed by atoms with Gasteiger partial charge in [-0.3, -0.25) is 4.79 Å². The summed E-state index contributed by atoms with van der Waals surface area (Å²) in [5, 5.41) is 0.516. The quantitative estimate of drug-likeness (QED) is 0.896. The molecule has 1 aliphatic rings. The third-order valence-electron chi connectivity index (χ3n) is 3.58. The molecule has 1 amide bonds. The van der Waals surface area contributed by atoms with Crippen LogP contribution in [0.25, 0.3) is 0 Å². The molecule has 1 aromatic heterocycles. The molecule has 2 rings (SSSR count). The number of carbonyl (C=O) groups is 1. The number of hydrogen-bond acceptors (Lipinski definition) is 4. The van der Waals surface area contributed by atoms with Gasteiger partial charge < -0.3 is 11.5 Å². The molecule has 0 aliphatic heterocycles. The number of alkyl halides is 3. The van der Waals surface area contributed by atoms with E-state index in [2.05, 4.69) is 4.98 Å². The van der Waals surface area contributed by atoms with Crippen molar-refractivity contribution in [1.29, 1.82) is 0 Å². The van der Waals surface area contributed by atoms with Gasteiger partial charge in [-0.25, -0.2) is 4.98 Å². The van der Waals surface area contributed by atoms with Crippen LogP contribution in [0.15, 0.2) is 23.4 Å². The summed E-state index contributed by atoms with van der Waals surface area (Å²) < 4.78 is 37.4. The minimum atomic E-state index is -4.39. The maximum atomic E-state index is 12.5. The summed E-state index contributed by atoms with van der Waals surface area (Å²) in [7, 11) is 0. The summed E-state index contributed by atoms with van der Waals surface area (Å²) in [5.41, 5.74) is 9.48. The van der Waals surface area contributed by atoms with Gasteiger partial charge in [-0.1, -0.05) is 0 Å². The lowest BCUT2D eigenvalue weighted by atomic mass is 9.82. The lowest BCUT2D eigenvalue weighted by Gasteiger charge is -2.34. The van der Waals surface area contributed by atoms with Crippen LogP contribution in [0.5, 0.6) is 0 Å². The van der Waals surface area contributed by atoms with Crippen LogP contribution in [0.2, 0.25) is 0 Å². The highest BCUT2D eigenvalue weighted by molar-refractivity contribution is 7.99. The molecule has 4 N–H and O–H groups in total. The van der Waals surface area contributed by atoms with Crippen molar-refractivity contribution >= 4 is 17.7 Å². The van der Waals surface area contributed by atoms with Crippen LogP contribution in [0.1, 0.15) is 31.2 Å². The van der Waals surface area contributed by atoms with Gasteiger partial charge in [-0.2, -0.15) is 13.2 Å². The molecule has 8 heteroatoms. The molecule has 1 saturated carbocycles. The fraction of sp³-hybridized carbons (Fsp3) is 0.538. The number of rotatable bonds is 3. The highest BCUT2D eigenvalue weighted by atomic mass is 32.2. The number of nitrogens with zero attached hydrogens (tertiary/aromatic N) is 1. The molecule has 0 aromatic carbocycles. The smallest absolute Gasteiger partial charge is 0.368 e. The van der Waals surface area contributed by atoms with E-state index in [0.29, 0.717) is 17.9 Å². The molecular weight excluding hydrogens is 303 g/mol. The van der Waals surface area contributed by atoms with E-state index in [-0.39, 0.29) is 5.25 Å². The zero-order chi connectivity index (χ0) is 15.7. The highest BCUT2D eigenvalue weighted by Gasteiger charge is 2.38. The molecule has 21 heavy (non-hydrogen) atoms. The fourth-order valence-corrected chi connectivity index (χ4v) is 3.64. The zero-order valence-electron chi connectivity index (χ0n) is 11.2. The van der Waals surface area contributed by atoms with Gasteiger partial charge in [-0.15, -0.1) is 11.8 Å². The summed E-state index contributed by atoms with van der Waals surface area (Å²) in [4.78, 5) is 15.2. The van der Waals surface area contributed by atoms with Crippen LogP contribution in [-0.2, 0) is 11.0 Å². The number of hydrogen-bond donors (Lipinski definition) is 2. The van der Waals surface area contributed by atoms with Crippen molar-refractivity contribution < 1.29 is 18.0 Å². The molecule has 0 spiro atoms. The second-order valence-corrected chi connectivity index (χ2v) is 6.56. The van der Waals surface area contributed by atoms with Crippen molar-refractivity contribution in [2.24, 2.45) is 11.5 Å². The average Bonchev–Trinajstić information content (AvgIpc) is 2.38. The first-order valence-corrected chi connectivity index (χ1v) is 7.37. The number of pyridine rings is 1. The molecule has 1 fully saturated rings. The third-order valence-corrected chi connectivity index (χ3v) is 4.80. The van der Waals surface area contributed by atoms with E-state index in [1.54, 1.807) is 0 Å². The summed E-state index contributed by atoms with van der Waals surface area (Å²) >= 11 is 1.34. The Labute approximate surface area is 124 Å². The minimum absolute atomic E-state index is 0.0282. The molecule has 2 atom stereocenters. The van der Waals surface area contributed by atoms with Crippen molar-refractivity contribution in [1.82, 2.24) is 4.98 Å². The molecule has 116 valence electrons. The summed E-state index contributed by atoms with van der Waals surface area (Å²) in [6.07, 6.45) is -1.03. The van der Waals surface area contributed by atoms with Crippen molar-refractivity contribution in [3.05, 3.63) is 23.9 Å². The van der Waals surface area contributed by atoms with Gasteiger partial charge in [0.2, 0.25) is 5.91 Å². The Hall–Kier alpha value is -1.28. The van der Waals surface area contributed by atoms with Crippen molar-refractivity contribution in [3.63, 3.8) is 0 Å². The number of carbonyl (C=O) groups excluding carboxylic acids is 1. The van der Waals surface area contributed by atoms with Crippen LogP contribution < -0.4 is 11.5 Å². The normalized spacial score (nSPS) is 26.6. The zero-order valence-corrected chi connectivity index (χ0v) is 12.0. The van der Waals surface area contributed by atoms with Gasteiger partial charge in [-0.05, 0) is 37.8 Å². The van der Waals surface area contributed by atoms with E-state index >= 15 is 0 Å². The van der Waals surface area contributed by atoms with Gasteiger partial charge in [0.25, 0.3) is 0 Å². The molecule has 1 aliphatic carbocycles. The first-order valence-electron chi connectivity index (χ1n) is 6.49. The Morgan fingerprint density at radius 1 is 1.43 bits per heavy atom. The first kappa shape index (κ1) is 16.1. The molecule has 0 radical (unpaired) electrons. The van der Waals surface area contributed by atoms with Crippen LogP contribution in [-0.4, -0.2) is 21.7 Å². The number of halogens is 3. The van der Waals surface area contributed by atoms with E-state index < -0.39 is 23.2 Å². The Morgan fingerprint density at radius 3 is 2.67 bits per heavy atom. The Morgan fingerprint density at radius 2 is 2.14 bits per heavy atom. The van der Waals surface area contributed by atoms with E-state index in [1.165, 1.54) is 17.8 Å². The molecule has 0 bridgehead atoms. The second-order valence-electron chi connectivity index (χ2n) is 5.24. The van der Waals surface area contributed by atoms with Gasteiger partial charge in [0.05, 0.1) is 16.1 Å². The Bertz CT molecular complexity index is 520. The second kappa shape index (κ2) is 5.84. The van der Waals surface area contributed by atoms with E-state index in [1.807, 2.05) is 0 Å². The van der Waals surface area contributed by atoms with E-state index in [0.717, 1.165) is 25.1 Å². The topological polar surface area (TPSA) is 82.0 Å². The first-order chi connectivity index (χ1) is 9.71. The maximum absolute atomic E-state index is 12.5. The van der Waals surface area contributed by atoms with Gasteiger partial charge in [0, 0.05) is 11.4 Å². The van der Waals surface area contributed by atoms with Crippen LogP contribution in [0, 0.1) is 0 Å². The average molecular weight is 319 g/mol. The summed E-state index contributed by atoms with van der Waals surface area (Å²) in [6, 6.07) is 2.34. The lowest BCUT2D eigenvalue weighted by molar-refractivity contribution is -0.137. The van der Waals surface area contributed by atoms with Crippen molar-refractivity contribution in [3.8, 4) is 0 Å². The number of nitrogens with two attached hydrogens (primary N) is 2. The molecule has 1 heterocycles. The number of amides is 1. The Kier molecular flexibility index (Phi) is 4.48. The number of thioether (sulfide) groups is 1. The van der Waals surface area contributed by atoms with E-state index in [4.69, 9.17) is 11.5 Å². The predicted octanol–water partition coefficient (Wildman–Crippen LogP) is 2.32. The van der Waals surface area contributed by atoms with Crippen molar-refractivity contribution in [2.45, 2.75) is 47.7 Å². The molecule has 2 unspecified atom stereocenters. The highest BCUT2D eigenvalue weighted by Crippen LogP contribution is 2.37. The van der Waals surface area contributed by atoms with Gasteiger partial charge >= 0.3 is 6.18 Å². The minimum Gasteiger partial charge on any atom is -0.368 e. The third kappa shape index (κ3) is 3.88. The molecule has 0 saturated heterocycles. The van der Waals surface area contributed by atoms with Gasteiger partial charge in [0.15, 0.2) is 0 Å². The predicted molar refractivity (Wildman–Crippen MR) is 73.5 cm³/mol. The molecule has 4 nitrogen and oxygen atoms in total. The number of aromatic nitrogens is 1. The van der Waals surface area contributed by atoms with Crippen LogP contribution in [0.3, 0.4) is 0 Å². The SMILES string of the molecule is NC(=O)C1(N)CCCC(Sc2ccc(C(F)(F)F)cn2)C1. The standard InChI is InChI=1S/C13H16F3N3OS/c14-13(15,16)8-3-4-10(19-7-8)21-9-2-1-5-12(18,6-9)11(17)20/h3-4,7,9H,1-2,5-6,18H2,(H2,17,20). The van der Waals surface area contributed by atoms with Crippen molar-refractivity contribution in [2.75, 3.05) is 0 Å². The molecular formula is C13H16F3N3OS. The monoisotopic (exact) mass is 319 g/mol. The molecule has 1 aromatic rings. The van der Waals surface area contributed by atoms with Crippen LogP contribution in [0.4, 0.5) is 13.2 Å². The van der Waals surface area contributed by atoms with E-state index in [9.17, 15) is 18.0 Å². The lowest BCUT2D eigenvalue weighted by Crippen LogP contribution is -2.55. The fourth-order valence-electron chi connectivity index (χ4n) is 2.37. The largest absolute Gasteiger partial charge is 0.417 e. The summed E-state index contributed by atoms with van der Waals surface area (Å²) in [5.74, 6) is -0.534. The summed E-state index contributed by atoms with van der Waals surface area (Å²) in [6.45, 7) is 0. The van der Waals surface area contributed by atoms with Crippen LogP contribution >= 0.6 is 11.8 Å².